The number of benzene rings is 1. The summed E-state index contributed by atoms with van der Waals surface area (Å²) in [5.41, 5.74) is 31.9. The predicted octanol–water partition coefficient (Wildman–Crippen LogP) is -6.20. The van der Waals surface area contributed by atoms with Gasteiger partial charge in [0.05, 0.1) is 31.4 Å². The van der Waals surface area contributed by atoms with Crippen molar-refractivity contribution in [3.8, 4) is 0 Å². The summed E-state index contributed by atoms with van der Waals surface area (Å²) in [6, 6.07) is 5.51. The van der Waals surface area contributed by atoms with Crippen molar-refractivity contribution in [3.63, 3.8) is 0 Å². The average Bonchev–Trinajstić information content (AvgIpc) is 3.46. The van der Waals surface area contributed by atoms with Gasteiger partial charge in [0.15, 0.2) is 18.9 Å². The Labute approximate surface area is 295 Å². The van der Waals surface area contributed by atoms with Gasteiger partial charge in [-0.2, -0.15) is 0 Å². The molecule has 0 aromatic heterocycles. The minimum absolute atomic E-state index is 0.0889. The Hall–Kier alpha value is -1.54. The maximum absolute atomic E-state index is 11.3. The van der Waals surface area contributed by atoms with Crippen molar-refractivity contribution in [2.75, 3.05) is 26.4 Å². The third-order valence-electron chi connectivity index (χ3n) is 10.1. The van der Waals surface area contributed by atoms with Crippen LogP contribution >= 0.6 is 0 Å². The van der Waals surface area contributed by atoms with Crippen molar-refractivity contribution >= 4 is 0 Å². The summed E-state index contributed by atoms with van der Waals surface area (Å²) < 4.78 is 42.6. The summed E-state index contributed by atoms with van der Waals surface area (Å²) in [6.45, 7) is -1.20. The smallest absolute Gasteiger partial charge is 0.187 e. The SMILES string of the molecule is NC[C@@H]1O[C@H](O[C@H]2[C@@H](OCCCc3ccccc3)[C@H](O[C@@H]3[C@@H](O)[C@H](N)C[C@H](N)[C@H]3O[C@H]3O[C@H](CO)[C@@H](O)[C@H](O)[C@H]3N)O[C@@H]2CO)[C@H](N)[C@@H](O)[C@@H]1O. The summed E-state index contributed by atoms with van der Waals surface area (Å²) in [6.07, 6.45) is -17.9. The molecule has 292 valence electrons. The number of nitrogens with two attached hydrogens (primary N) is 5. The molecule has 4 aliphatic rings. The first-order chi connectivity index (χ1) is 24.4. The Balaban J connectivity index is 1.38. The van der Waals surface area contributed by atoms with Gasteiger partial charge in [-0.25, -0.2) is 0 Å². The van der Waals surface area contributed by atoms with Gasteiger partial charge in [-0.1, -0.05) is 30.3 Å². The van der Waals surface area contributed by atoms with Crippen molar-refractivity contribution < 1.29 is 68.9 Å². The Kier molecular flexibility index (Phi) is 14.5. The van der Waals surface area contributed by atoms with E-state index in [9.17, 15) is 35.7 Å². The monoisotopic (exact) mass is 733 g/mol. The van der Waals surface area contributed by atoms with Crippen molar-refractivity contribution in [3.05, 3.63) is 35.9 Å². The van der Waals surface area contributed by atoms with E-state index in [1.807, 2.05) is 30.3 Å². The first kappa shape index (κ1) is 40.6. The van der Waals surface area contributed by atoms with E-state index >= 15 is 0 Å². The predicted molar refractivity (Wildman–Crippen MR) is 175 cm³/mol. The fourth-order valence-electron chi connectivity index (χ4n) is 6.99. The standard InChI is InChI=1S/C32H55N5O14/c33-10-16-22(41)24(43)19(36)30(46-16)50-27-18(12-39)48-32(29(27)45-8-4-7-13-5-2-1-3-6-13)51-28-21(40)14(34)9-15(35)26(28)49-31-20(37)25(44)23(42)17(11-38)47-31/h1-3,5-6,14-32,38-44H,4,7-12,33-37H2/t14-,15+,16+,17-,18-,19-,20-,21+,22-,23-,24-,25-,26-,27-,28-,29-,30-,31-,32+/m1/s1. The van der Waals surface area contributed by atoms with E-state index in [-0.39, 0.29) is 19.6 Å². The highest BCUT2D eigenvalue weighted by molar-refractivity contribution is 5.14. The van der Waals surface area contributed by atoms with Gasteiger partial charge in [-0.15, -0.1) is 0 Å². The van der Waals surface area contributed by atoms with E-state index in [0.29, 0.717) is 12.8 Å². The molecule has 0 amide bonds. The van der Waals surface area contributed by atoms with Gasteiger partial charge in [0.25, 0.3) is 0 Å². The summed E-state index contributed by atoms with van der Waals surface area (Å²) in [7, 11) is 0. The van der Waals surface area contributed by atoms with E-state index in [4.69, 9.17) is 61.8 Å². The zero-order valence-corrected chi connectivity index (χ0v) is 28.2. The van der Waals surface area contributed by atoms with Gasteiger partial charge in [0, 0.05) is 25.2 Å². The molecule has 0 radical (unpaired) electrons. The van der Waals surface area contributed by atoms with Crippen LogP contribution in [-0.2, 0) is 39.6 Å². The van der Waals surface area contributed by atoms with Crippen LogP contribution in [0.2, 0.25) is 0 Å². The lowest BCUT2D eigenvalue weighted by Gasteiger charge is -2.47. The molecule has 1 aliphatic carbocycles. The molecule has 17 N–H and O–H groups in total. The second kappa shape index (κ2) is 18.2. The van der Waals surface area contributed by atoms with Crippen LogP contribution in [0.25, 0.3) is 0 Å². The highest BCUT2D eigenvalue weighted by atomic mass is 16.8. The molecule has 0 bridgehead atoms. The number of hydrogen-bond acceptors (Lipinski definition) is 19. The Morgan fingerprint density at radius 2 is 1.16 bits per heavy atom. The molecular weight excluding hydrogens is 678 g/mol. The number of ether oxygens (including phenoxy) is 7. The quantitative estimate of drug-likeness (QED) is 0.0791. The number of aliphatic hydroxyl groups is 7. The third kappa shape index (κ3) is 9.06. The molecule has 0 spiro atoms. The molecule has 1 aromatic rings. The van der Waals surface area contributed by atoms with Crippen LogP contribution in [0.4, 0.5) is 0 Å². The third-order valence-corrected chi connectivity index (χ3v) is 10.1. The number of hydrogen-bond donors (Lipinski definition) is 12. The highest BCUT2D eigenvalue weighted by Gasteiger charge is 2.55. The van der Waals surface area contributed by atoms with Gasteiger partial charge in [-0.3, -0.25) is 0 Å². The van der Waals surface area contributed by atoms with E-state index in [1.54, 1.807) is 0 Å². The Morgan fingerprint density at radius 3 is 1.76 bits per heavy atom. The zero-order chi connectivity index (χ0) is 37.0. The van der Waals surface area contributed by atoms with Crippen LogP contribution in [-0.4, -0.2) is 178 Å². The maximum Gasteiger partial charge on any atom is 0.187 e. The molecule has 3 heterocycles. The zero-order valence-electron chi connectivity index (χ0n) is 28.2. The lowest BCUT2D eigenvalue weighted by Crippen LogP contribution is -2.68. The lowest BCUT2D eigenvalue weighted by molar-refractivity contribution is -0.312. The molecule has 19 nitrogen and oxygen atoms in total. The highest BCUT2D eigenvalue weighted by Crippen LogP contribution is 2.35. The first-order valence-corrected chi connectivity index (χ1v) is 17.3. The van der Waals surface area contributed by atoms with Gasteiger partial charge in [0.1, 0.15) is 67.1 Å². The topological polar surface area (TPSA) is 336 Å². The molecule has 3 aliphatic heterocycles. The largest absolute Gasteiger partial charge is 0.394 e. The number of rotatable bonds is 14. The normalized spacial score (nSPS) is 46.3. The summed E-state index contributed by atoms with van der Waals surface area (Å²) in [4.78, 5) is 0. The molecular formula is C32H55N5O14. The van der Waals surface area contributed by atoms with Crippen LogP contribution in [0.15, 0.2) is 30.3 Å². The fourth-order valence-corrected chi connectivity index (χ4v) is 6.99. The first-order valence-electron chi connectivity index (χ1n) is 17.3. The lowest BCUT2D eigenvalue weighted by atomic mass is 9.84. The van der Waals surface area contributed by atoms with E-state index in [0.717, 1.165) is 5.56 Å². The molecule has 1 saturated carbocycles. The molecule has 4 fully saturated rings. The molecule has 3 saturated heterocycles. The van der Waals surface area contributed by atoms with Crippen molar-refractivity contribution in [1.82, 2.24) is 0 Å². The van der Waals surface area contributed by atoms with Crippen LogP contribution in [0.1, 0.15) is 18.4 Å². The van der Waals surface area contributed by atoms with Gasteiger partial charge in [-0.05, 0) is 24.8 Å². The van der Waals surface area contributed by atoms with Gasteiger partial charge >= 0.3 is 0 Å². The van der Waals surface area contributed by atoms with E-state index in [1.165, 1.54) is 0 Å². The van der Waals surface area contributed by atoms with Gasteiger partial charge in [0.2, 0.25) is 0 Å². The molecule has 0 unspecified atom stereocenters. The molecule has 19 heteroatoms. The van der Waals surface area contributed by atoms with Crippen LogP contribution in [0.5, 0.6) is 0 Å². The average molecular weight is 734 g/mol. The Bertz CT molecular complexity index is 1200. The van der Waals surface area contributed by atoms with Crippen molar-refractivity contribution in [2.24, 2.45) is 28.7 Å². The van der Waals surface area contributed by atoms with Crippen LogP contribution < -0.4 is 28.7 Å². The maximum atomic E-state index is 11.3. The van der Waals surface area contributed by atoms with E-state index in [2.05, 4.69) is 0 Å². The fraction of sp³-hybridized carbons (Fsp3) is 0.812. The summed E-state index contributed by atoms with van der Waals surface area (Å²) in [5, 5.41) is 73.2. The summed E-state index contributed by atoms with van der Waals surface area (Å²) >= 11 is 0. The number of aliphatic hydroxyl groups excluding tert-OH is 7. The minimum Gasteiger partial charge on any atom is -0.394 e. The molecule has 5 rings (SSSR count). The minimum atomic E-state index is -1.52. The van der Waals surface area contributed by atoms with Crippen molar-refractivity contribution in [1.29, 1.82) is 0 Å². The van der Waals surface area contributed by atoms with Crippen LogP contribution in [0.3, 0.4) is 0 Å². The Morgan fingerprint density at radius 1 is 0.608 bits per heavy atom. The number of aryl methyl sites for hydroxylation is 1. The molecule has 1 aromatic carbocycles. The van der Waals surface area contributed by atoms with Gasteiger partial charge < -0.3 is 97.6 Å². The second-order valence-electron chi connectivity index (χ2n) is 13.6. The summed E-state index contributed by atoms with van der Waals surface area (Å²) in [5.74, 6) is 0. The van der Waals surface area contributed by atoms with Crippen molar-refractivity contribution in [2.45, 2.75) is 136 Å². The van der Waals surface area contributed by atoms with Crippen LogP contribution in [0, 0.1) is 0 Å². The van der Waals surface area contributed by atoms with E-state index < -0.39 is 129 Å². The molecule has 19 atom stereocenters. The molecule has 51 heavy (non-hydrogen) atoms. The second-order valence-corrected chi connectivity index (χ2v) is 13.6.